The van der Waals surface area contributed by atoms with Gasteiger partial charge in [-0.1, -0.05) is 10.4 Å². The summed E-state index contributed by atoms with van der Waals surface area (Å²) in [4.78, 5) is 0. The van der Waals surface area contributed by atoms with E-state index in [1.54, 1.807) is 0 Å². The van der Waals surface area contributed by atoms with Crippen LogP contribution in [-0.2, 0) is 25.9 Å². The Labute approximate surface area is 107 Å². The molecule has 6 nitrogen and oxygen atoms in total. The summed E-state index contributed by atoms with van der Waals surface area (Å²) < 4.78 is 3.91. The molecule has 2 aromatic rings. The molecular weight excluding hydrogens is 228 g/mol. The van der Waals surface area contributed by atoms with E-state index in [4.69, 9.17) is 0 Å². The van der Waals surface area contributed by atoms with Gasteiger partial charge in [-0.15, -0.1) is 10.2 Å². The summed E-state index contributed by atoms with van der Waals surface area (Å²) in [6, 6.07) is 0. The molecule has 0 atom stereocenters. The Hall–Kier alpha value is -1.72. The van der Waals surface area contributed by atoms with E-state index < -0.39 is 0 Å². The number of hydrogen-bond acceptors (Lipinski definition) is 4. The number of hydrogen-bond donors (Lipinski definition) is 0. The summed E-state index contributed by atoms with van der Waals surface area (Å²) in [6.45, 7) is 5.96. The van der Waals surface area contributed by atoms with Gasteiger partial charge in [0, 0.05) is 13.1 Å². The smallest absolute Gasteiger partial charge is 0.0725 e. The zero-order valence-electron chi connectivity index (χ0n) is 11.1. The molecule has 0 saturated heterocycles. The third kappa shape index (κ3) is 2.94. The second kappa shape index (κ2) is 6.28. The minimum Gasteiger partial charge on any atom is -0.250 e. The fourth-order valence-electron chi connectivity index (χ4n) is 2.09. The van der Waals surface area contributed by atoms with Crippen molar-refractivity contribution in [1.29, 1.82) is 0 Å². The molecule has 0 aliphatic rings. The minimum absolute atomic E-state index is 0.891. The molecule has 0 fully saturated rings. The molecule has 0 spiro atoms. The van der Waals surface area contributed by atoms with Crippen LogP contribution in [-0.4, -0.2) is 30.0 Å². The molecule has 0 radical (unpaired) electrons. The van der Waals surface area contributed by atoms with Crippen LogP contribution in [0, 0.1) is 0 Å². The first-order chi connectivity index (χ1) is 8.85. The van der Waals surface area contributed by atoms with Gasteiger partial charge in [0.2, 0.25) is 0 Å². The van der Waals surface area contributed by atoms with Crippen molar-refractivity contribution in [3.05, 3.63) is 23.8 Å². The molecule has 0 aliphatic heterocycles. The lowest BCUT2D eigenvalue weighted by molar-refractivity contribution is 0.567. The fraction of sp³-hybridized carbons (Fsp3) is 0.667. The zero-order valence-corrected chi connectivity index (χ0v) is 11.1. The van der Waals surface area contributed by atoms with E-state index in [0.29, 0.717) is 0 Å². The second-order valence-electron chi connectivity index (χ2n) is 4.29. The summed E-state index contributed by atoms with van der Waals surface area (Å²) in [6.07, 6.45) is 8.08. The molecular formula is C12H20N6. The van der Waals surface area contributed by atoms with Crippen LogP contribution >= 0.6 is 0 Å². The maximum Gasteiger partial charge on any atom is 0.0725 e. The Bertz CT molecular complexity index is 428. The van der Waals surface area contributed by atoms with Crippen molar-refractivity contribution in [3.63, 3.8) is 0 Å². The monoisotopic (exact) mass is 248 g/mol. The Balaban J connectivity index is 1.76. The first-order valence-electron chi connectivity index (χ1n) is 6.59. The minimum atomic E-state index is 0.891. The number of aryl methyl sites for hydroxylation is 4. The van der Waals surface area contributed by atoms with Crippen molar-refractivity contribution in [2.24, 2.45) is 0 Å². The standard InChI is InChI=1S/C12H20N6/c1-3-17-11(9-13-15-17)7-5-6-8-12-10-14-16-18(12)4-2/h9-10H,3-8H2,1-2H3. The van der Waals surface area contributed by atoms with Crippen molar-refractivity contribution in [2.45, 2.75) is 52.6 Å². The summed E-state index contributed by atoms with van der Waals surface area (Å²) >= 11 is 0. The van der Waals surface area contributed by atoms with Gasteiger partial charge in [-0.05, 0) is 39.5 Å². The van der Waals surface area contributed by atoms with Gasteiger partial charge < -0.3 is 0 Å². The average molecular weight is 248 g/mol. The third-order valence-electron chi connectivity index (χ3n) is 3.11. The maximum absolute atomic E-state index is 4.03. The highest BCUT2D eigenvalue weighted by Gasteiger charge is 2.04. The van der Waals surface area contributed by atoms with Crippen LogP contribution in [0.1, 0.15) is 38.1 Å². The van der Waals surface area contributed by atoms with Crippen LogP contribution in [0.25, 0.3) is 0 Å². The third-order valence-corrected chi connectivity index (χ3v) is 3.11. The summed E-state index contributed by atoms with van der Waals surface area (Å²) in [5.41, 5.74) is 2.44. The lowest BCUT2D eigenvalue weighted by atomic mass is 10.1. The van der Waals surface area contributed by atoms with Gasteiger partial charge >= 0.3 is 0 Å². The van der Waals surface area contributed by atoms with Crippen LogP contribution in [0.5, 0.6) is 0 Å². The lowest BCUT2D eigenvalue weighted by Gasteiger charge is -2.04. The SMILES string of the molecule is CCn1nncc1CCCCc1cnnn1CC. The highest BCUT2D eigenvalue weighted by molar-refractivity contribution is 4.96. The van der Waals surface area contributed by atoms with Gasteiger partial charge in [-0.2, -0.15) is 0 Å². The van der Waals surface area contributed by atoms with Crippen LogP contribution in [0.4, 0.5) is 0 Å². The van der Waals surface area contributed by atoms with Crippen LogP contribution < -0.4 is 0 Å². The van der Waals surface area contributed by atoms with Gasteiger partial charge in [0.25, 0.3) is 0 Å². The maximum atomic E-state index is 4.03. The Kier molecular flexibility index (Phi) is 4.44. The summed E-state index contributed by atoms with van der Waals surface area (Å²) in [7, 11) is 0. The Morgan fingerprint density at radius 1 is 0.833 bits per heavy atom. The summed E-state index contributed by atoms with van der Waals surface area (Å²) in [5, 5.41) is 15.9. The number of nitrogens with zero attached hydrogens (tertiary/aromatic N) is 6. The van der Waals surface area contributed by atoms with E-state index in [-0.39, 0.29) is 0 Å². The van der Waals surface area contributed by atoms with Crippen molar-refractivity contribution < 1.29 is 0 Å². The number of unbranched alkanes of at least 4 members (excludes halogenated alkanes) is 1. The molecule has 2 heterocycles. The Morgan fingerprint density at radius 2 is 1.28 bits per heavy atom. The fourth-order valence-corrected chi connectivity index (χ4v) is 2.09. The molecule has 0 aromatic carbocycles. The summed E-state index contributed by atoms with van der Waals surface area (Å²) in [5.74, 6) is 0. The molecule has 0 aliphatic carbocycles. The van der Waals surface area contributed by atoms with Gasteiger partial charge in [0.1, 0.15) is 0 Å². The molecule has 98 valence electrons. The first-order valence-corrected chi connectivity index (χ1v) is 6.59. The van der Waals surface area contributed by atoms with E-state index in [2.05, 4.69) is 34.5 Å². The molecule has 18 heavy (non-hydrogen) atoms. The zero-order chi connectivity index (χ0) is 12.8. The number of rotatable bonds is 7. The predicted octanol–water partition coefficient (Wildman–Crippen LogP) is 1.47. The molecule has 0 unspecified atom stereocenters. The molecule has 0 saturated carbocycles. The highest BCUT2D eigenvalue weighted by atomic mass is 15.4. The van der Waals surface area contributed by atoms with E-state index >= 15 is 0 Å². The van der Waals surface area contributed by atoms with Crippen molar-refractivity contribution in [3.8, 4) is 0 Å². The largest absolute Gasteiger partial charge is 0.250 e. The van der Waals surface area contributed by atoms with Crippen LogP contribution in [0.3, 0.4) is 0 Å². The predicted molar refractivity (Wildman–Crippen MR) is 68.0 cm³/mol. The molecule has 0 amide bonds. The molecule has 0 N–H and O–H groups in total. The molecule has 6 heteroatoms. The molecule has 0 bridgehead atoms. The topological polar surface area (TPSA) is 61.4 Å². The van der Waals surface area contributed by atoms with Gasteiger partial charge in [0.15, 0.2) is 0 Å². The van der Waals surface area contributed by atoms with Crippen LogP contribution in [0.2, 0.25) is 0 Å². The van der Waals surface area contributed by atoms with Crippen molar-refractivity contribution in [1.82, 2.24) is 30.0 Å². The van der Waals surface area contributed by atoms with Gasteiger partial charge in [-0.25, -0.2) is 9.36 Å². The second-order valence-corrected chi connectivity index (χ2v) is 4.29. The lowest BCUT2D eigenvalue weighted by Crippen LogP contribution is -2.04. The van der Waals surface area contributed by atoms with Crippen molar-refractivity contribution >= 4 is 0 Å². The van der Waals surface area contributed by atoms with Crippen molar-refractivity contribution in [2.75, 3.05) is 0 Å². The van der Waals surface area contributed by atoms with E-state index in [0.717, 1.165) is 38.8 Å². The first kappa shape index (κ1) is 12.7. The van der Waals surface area contributed by atoms with E-state index in [9.17, 15) is 0 Å². The highest BCUT2D eigenvalue weighted by Crippen LogP contribution is 2.07. The average Bonchev–Trinajstić information content (AvgIpc) is 3.02. The van der Waals surface area contributed by atoms with Crippen LogP contribution in [0.15, 0.2) is 12.4 Å². The quantitative estimate of drug-likeness (QED) is 0.696. The van der Waals surface area contributed by atoms with Gasteiger partial charge in [-0.3, -0.25) is 0 Å². The van der Waals surface area contributed by atoms with Gasteiger partial charge in [0.05, 0.1) is 23.8 Å². The van der Waals surface area contributed by atoms with E-state index in [1.807, 2.05) is 21.8 Å². The Morgan fingerprint density at radius 3 is 1.67 bits per heavy atom. The number of aromatic nitrogens is 6. The molecule has 2 rings (SSSR count). The molecule has 2 aromatic heterocycles. The van der Waals surface area contributed by atoms with E-state index in [1.165, 1.54) is 11.4 Å². The normalized spacial score (nSPS) is 11.0.